The molecule has 1 amide bonds. The van der Waals surface area contributed by atoms with Gasteiger partial charge in [-0.15, -0.1) is 0 Å². The summed E-state index contributed by atoms with van der Waals surface area (Å²) in [6.07, 6.45) is 6.78. The molecule has 0 unspecified atom stereocenters. The van der Waals surface area contributed by atoms with E-state index in [4.69, 9.17) is 5.73 Å². The lowest BCUT2D eigenvalue weighted by Crippen LogP contribution is -2.33. The van der Waals surface area contributed by atoms with Crippen molar-refractivity contribution < 1.29 is 4.79 Å². The smallest absolute Gasteiger partial charge is 0.223 e. The predicted molar refractivity (Wildman–Crippen MR) is 53.3 cm³/mol. The zero-order valence-electron chi connectivity index (χ0n) is 8.22. The van der Waals surface area contributed by atoms with Gasteiger partial charge in [-0.25, -0.2) is 0 Å². The number of rotatable bonds is 4. The van der Waals surface area contributed by atoms with Crippen LogP contribution >= 0.6 is 0 Å². The van der Waals surface area contributed by atoms with Crippen molar-refractivity contribution in [1.82, 2.24) is 5.32 Å². The Bertz CT molecular complexity index is 153. The second-order valence-electron chi connectivity index (χ2n) is 3.77. The van der Waals surface area contributed by atoms with Crippen molar-refractivity contribution in [1.29, 1.82) is 0 Å². The van der Waals surface area contributed by atoms with E-state index in [1.165, 1.54) is 19.3 Å². The van der Waals surface area contributed by atoms with Gasteiger partial charge in [0.05, 0.1) is 0 Å². The zero-order valence-corrected chi connectivity index (χ0v) is 8.22. The maximum atomic E-state index is 11.5. The molecular weight excluding hydrogens is 164 g/mol. The fourth-order valence-electron chi connectivity index (χ4n) is 1.82. The minimum atomic E-state index is 0.244. The molecule has 3 heteroatoms. The molecule has 0 atom stereocenters. The van der Waals surface area contributed by atoms with Crippen LogP contribution in [0.2, 0.25) is 0 Å². The Morgan fingerprint density at radius 3 is 2.62 bits per heavy atom. The lowest BCUT2D eigenvalue weighted by Gasteiger charge is -2.20. The Kier molecular flexibility index (Phi) is 4.83. The molecule has 3 N–H and O–H groups in total. The first-order chi connectivity index (χ1) is 6.34. The van der Waals surface area contributed by atoms with Gasteiger partial charge in [-0.05, 0) is 25.8 Å². The highest BCUT2D eigenvalue weighted by molar-refractivity contribution is 5.78. The van der Waals surface area contributed by atoms with E-state index >= 15 is 0 Å². The second-order valence-corrected chi connectivity index (χ2v) is 3.77. The first kappa shape index (κ1) is 10.5. The van der Waals surface area contributed by atoms with Crippen LogP contribution in [0.3, 0.4) is 0 Å². The summed E-state index contributed by atoms with van der Waals surface area (Å²) in [6.45, 7) is 1.40. The van der Waals surface area contributed by atoms with E-state index in [-0.39, 0.29) is 11.8 Å². The Labute approximate surface area is 80.1 Å². The standard InChI is InChI=1S/C10H20N2O/c11-7-4-8-12-10(13)9-5-2-1-3-6-9/h9H,1-8,11H2,(H,12,13). The van der Waals surface area contributed by atoms with Gasteiger partial charge < -0.3 is 11.1 Å². The molecule has 0 aromatic rings. The number of carbonyl (C=O) groups is 1. The Morgan fingerprint density at radius 1 is 1.31 bits per heavy atom. The lowest BCUT2D eigenvalue weighted by atomic mass is 9.89. The zero-order chi connectivity index (χ0) is 9.52. The number of hydrogen-bond donors (Lipinski definition) is 2. The molecular formula is C10H20N2O. The molecule has 1 rings (SSSR count). The summed E-state index contributed by atoms with van der Waals surface area (Å²) in [7, 11) is 0. The summed E-state index contributed by atoms with van der Waals surface area (Å²) in [6, 6.07) is 0. The van der Waals surface area contributed by atoms with Crippen LogP contribution in [-0.4, -0.2) is 19.0 Å². The summed E-state index contributed by atoms with van der Waals surface area (Å²) in [4.78, 5) is 11.5. The average Bonchev–Trinajstić information content (AvgIpc) is 2.19. The Hall–Kier alpha value is -0.570. The Balaban J connectivity index is 2.13. The summed E-state index contributed by atoms with van der Waals surface area (Å²) in [5.74, 6) is 0.527. The van der Waals surface area contributed by atoms with Crippen molar-refractivity contribution in [2.24, 2.45) is 11.7 Å². The van der Waals surface area contributed by atoms with Crippen LogP contribution in [0, 0.1) is 5.92 Å². The maximum Gasteiger partial charge on any atom is 0.223 e. The average molecular weight is 184 g/mol. The molecule has 13 heavy (non-hydrogen) atoms. The van der Waals surface area contributed by atoms with Crippen LogP contribution in [0.15, 0.2) is 0 Å². The topological polar surface area (TPSA) is 55.1 Å². The highest BCUT2D eigenvalue weighted by atomic mass is 16.1. The summed E-state index contributed by atoms with van der Waals surface area (Å²) < 4.78 is 0. The van der Waals surface area contributed by atoms with E-state index < -0.39 is 0 Å². The molecule has 0 bridgehead atoms. The van der Waals surface area contributed by atoms with Crippen molar-refractivity contribution in [3.05, 3.63) is 0 Å². The van der Waals surface area contributed by atoms with Crippen LogP contribution in [0.25, 0.3) is 0 Å². The van der Waals surface area contributed by atoms with Crippen LogP contribution in [0.4, 0.5) is 0 Å². The van der Waals surface area contributed by atoms with Gasteiger partial charge in [-0.1, -0.05) is 19.3 Å². The van der Waals surface area contributed by atoms with Gasteiger partial charge in [-0.2, -0.15) is 0 Å². The quantitative estimate of drug-likeness (QED) is 0.641. The summed E-state index contributed by atoms with van der Waals surface area (Å²) >= 11 is 0. The van der Waals surface area contributed by atoms with E-state index in [1.807, 2.05) is 0 Å². The van der Waals surface area contributed by atoms with Crippen molar-refractivity contribution >= 4 is 5.91 Å². The van der Waals surface area contributed by atoms with E-state index in [1.54, 1.807) is 0 Å². The summed E-state index contributed by atoms with van der Waals surface area (Å²) in [5, 5.41) is 2.93. The first-order valence-electron chi connectivity index (χ1n) is 5.32. The highest BCUT2D eigenvalue weighted by Gasteiger charge is 2.19. The molecule has 0 aromatic heterocycles. The fourth-order valence-corrected chi connectivity index (χ4v) is 1.82. The molecule has 1 aliphatic rings. The van der Waals surface area contributed by atoms with Gasteiger partial charge in [0, 0.05) is 12.5 Å². The maximum absolute atomic E-state index is 11.5. The van der Waals surface area contributed by atoms with Crippen molar-refractivity contribution in [3.63, 3.8) is 0 Å². The highest BCUT2D eigenvalue weighted by Crippen LogP contribution is 2.23. The van der Waals surface area contributed by atoms with Crippen molar-refractivity contribution in [3.8, 4) is 0 Å². The second kappa shape index (κ2) is 5.97. The van der Waals surface area contributed by atoms with E-state index in [0.29, 0.717) is 6.54 Å². The summed E-state index contributed by atoms with van der Waals surface area (Å²) in [5.41, 5.74) is 5.34. The number of nitrogens with two attached hydrogens (primary N) is 1. The largest absolute Gasteiger partial charge is 0.356 e. The van der Waals surface area contributed by atoms with E-state index in [2.05, 4.69) is 5.32 Å². The normalized spacial score (nSPS) is 18.5. The van der Waals surface area contributed by atoms with Gasteiger partial charge >= 0.3 is 0 Å². The third kappa shape index (κ3) is 3.77. The third-order valence-electron chi connectivity index (χ3n) is 2.66. The molecule has 1 saturated carbocycles. The minimum Gasteiger partial charge on any atom is -0.356 e. The van der Waals surface area contributed by atoms with Crippen LogP contribution in [0.1, 0.15) is 38.5 Å². The molecule has 0 heterocycles. The number of hydrogen-bond acceptors (Lipinski definition) is 2. The van der Waals surface area contributed by atoms with Gasteiger partial charge in [0.1, 0.15) is 0 Å². The van der Waals surface area contributed by atoms with Crippen LogP contribution in [-0.2, 0) is 4.79 Å². The van der Waals surface area contributed by atoms with E-state index in [9.17, 15) is 4.79 Å². The number of nitrogens with one attached hydrogen (secondary N) is 1. The first-order valence-corrected chi connectivity index (χ1v) is 5.32. The molecule has 0 saturated heterocycles. The molecule has 76 valence electrons. The van der Waals surface area contributed by atoms with E-state index in [0.717, 1.165) is 25.8 Å². The lowest BCUT2D eigenvalue weighted by molar-refractivity contribution is -0.125. The molecule has 0 radical (unpaired) electrons. The predicted octanol–water partition coefficient (Wildman–Crippen LogP) is 1.03. The minimum absolute atomic E-state index is 0.244. The van der Waals surface area contributed by atoms with Crippen LogP contribution in [0.5, 0.6) is 0 Å². The van der Waals surface area contributed by atoms with Crippen LogP contribution < -0.4 is 11.1 Å². The molecule has 1 fully saturated rings. The van der Waals surface area contributed by atoms with Gasteiger partial charge in [-0.3, -0.25) is 4.79 Å². The van der Waals surface area contributed by atoms with Gasteiger partial charge in [0.15, 0.2) is 0 Å². The molecule has 1 aliphatic carbocycles. The van der Waals surface area contributed by atoms with Gasteiger partial charge in [0.25, 0.3) is 0 Å². The number of amides is 1. The molecule has 3 nitrogen and oxygen atoms in total. The molecule has 0 aromatic carbocycles. The third-order valence-corrected chi connectivity index (χ3v) is 2.66. The number of carbonyl (C=O) groups excluding carboxylic acids is 1. The fraction of sp³-hybridized carbons (Fsp3) is 0.900. The van der Waals surface area contributed by atoms with Crippen molar-refractivity contribution in [2.75, 3.05) is 13.1 Å². The monoisotopic (exact) mass is 184 g/mol. The molecule has 0 spiro atoms. The Morgan fingerprint density at radius 2 is 2.00 bits per heavy atom. The SMILES string of the molecule is NCCCNC(=O)C1CCCCC1. The molecule has 0 aliphatic heterocycles. The van der Waals surface area contributed by atoms with Gasteiger partial charge in [0.2, 0.25) is 5.91 Å². The van der Waals surface area contributed by atoms with Crippen molar-refractivity contribution in [2.45, 2.75) is 38.5 Å².